The van der Waals surface area contributed by atoms with Gasteiger partial charge in [-0.15, -0.1) is 0 Å². The number of benzene rings is 2. The highest BCUT2D eigenvalue weighted by molar-refractivity contribution is 5.48. The van der Waals surface area contributed by atoms with Crippen molar-refractivity contribution in [3.8, 4) is 17.6 Å². The van der Waals surface area contributed by atoms with Crippen molar-refractivity contribution in [1.82, 2.24) is 0 Å². The fourth-order valence-electron chi connectivity index (χ4n) is 2.04. The Hall–Kier alpha value is -2.93. The number of ether oxygens (including phenoxy) is 2. The summed E-state index contributed by atoms with van der Waals surface area (Å²) in [7, 11) is 3.20. The maximum Gasteiger partial charge on any atom is 0.160 e. The summed E-state index contributed by atoms with van der Waals surface area (Å²) in [6, 6.07) is 17.6. The molecule has 0 unspecified atom stereocenters. The predicted octanol–water partition coefficient (Wildman–Crippen LogP) is 3.77. The van der Waals surface area contributed by atoms with Crippen molar-refractivity contribution < 1.29 is 9.47 Å². The number of nitrogens with one attached hydrogen (secondary N) is 1. The topological polar surface area (TPSA) is 54.3 Å². The smallest absolute Gasteiger partial charge is 0.160 e. The standard InChI is InChI=1S/C18H18N2O2/c1-21-17-9-8-14(11-18(17)22-2)10-15(12-19)13-20-16-6-4-3-5-7-16/h3-9,11,13,20H,10H2,1-2H3. The van der Waals surface area contributed by atoms with Crippen molar-refractivity contribution in [3.63, 3.8) is 0 Å². The molecule has 0 fully saturated rings. The zero-order chi connectivity index (χ0) is 15.8. The lowest BCUT2D eigenvalue weighted by Crippen LogP contribution is -1.96. The van der Waals surface area contributed by atoms with Gasteiger partial charge in [-0.1, -0.05) is 24.3 Å². The van der Waals surface area contributed by atoms with E-state index < -0.39 is 0 Å². The first-order valence-electron chi connectivity index (χ1n) is 6.88. The first-order valence-corrected chi connectivity index (χ1v) is 6.88. The third-order valence-corrected chi connectivity index (χ3v) is 3.17. The van der Waals surface area contributed by atoms with Gasteiger partial charge in [0.2, 0.25) is 0 Å². The van der Waals surface area contributed by atoms with Gasteiger partial charge in [0.15, 0.2) is 11.5 Å². The van der Waals surface area contributed by atoms with Crippen molar-refractivity contribution in [3.05, 3.63) is 65.9 Å². The molecular weight excluding hydrogens is 276 g/mol. The molecule has 0 aliphatic rings. The van der Waals surface area contributed by atoms with E-state index in [-0.39, 0.29) is 0 Å². The molecule has 0 bridgehead atoms. The minimum atomic E-state index is 0.524. The molecule has 0 aliphatic heterocycles. The van der Waals surface area contributed by atoms with Crippen molar-refractivity contribution in [2.24, 2.45) is 0 Å². The number of para-hydroxylation sites is 1. The molecule has 0 heterocycles. The number of nitriles is 1. The molecule has 112 valence electrons. The van der Waals surface area contributed by atoms with Gasteiger partial charge in [-0.3, -0.25) is 0 Å². The average molecular weight is 294 g/mol. The molecule has 2 rings (SSSR count). The third-order valence-electron chi connectivity index (χ3n) is 3.17. The number of hydrogen-bond donors (Lipinski definition) is 1. The van der Waals surface area contributed by atoms with Crippen LogP contribution in [-0.2, 0) is 6.42 Å². The summed E-state index contributed by atoms with van der Waals surface area (Å²) in [6.45, 7) is 0. The van der Waals surface area contributed by atoms with Crippen molar-refractivity contribution in [1.29, 1.82) is 5.26 Å². The average Bonchev–Trinajstić information content (AvgIpc) is 2.59. The molecular formula is C18H18N2O2. The van der Waals surface area contributed by atoms with Gasteiger partial charge >= 0.3 is 0 Å². The van der Waals surface area contributed by atoms with Gasteiger partial charge in [0, 0.05) is 23.9 Å². The largest absolute Gasteiger partial charge is 0.493 e. The Balaban J connectivity index is 2.12. The molecule has 0 aromatic heterocycles. The Bertz CT molecular complexity index is 688. The van der Waals surface area contributed by atoms with Gasteiger partial charge in [0.1, 0.15) is 0 Å². The minimum Gasteiger partial charge on any atom is -0.493 e. The van der Waals surface area contributed by atoms with E-state index in [4.69, 9.17) is 9.47 Å². The van der Waals surface area contributed by atoms with Crippen LogP contribution in [0.1, 0.15) is 5.56 Å². The highest BCUT2D eigenvalue weighted by Crippen LogP contribution is 2.28. The summed E-state index contributed by atoms with van der Waals surface area (Å²) < 4.78 is 10.5. The molecule has 2 aromatic carbocycles. The van der Waals surface area contributed by atoms with Crippen LogP contribution in [0.25, 0.3) is 0 Å². The molecule has 0 saturated heterocycles. The van der Waals surface area contributed by atoms with Gasteiger partial charge in [0.05, 0.1) is 20.3 Å². The lowest BCUT2D eigenvalue weighted by Gasteiger charge is -2.09. The highest BCUT2D eigenvalue weighted by Gasteiger charge is 2.06. The van der Waals surface area contributed by atoms with Crippen LogP contribution in [0.5, 0.6) is 11.5 Å². The SMILES string of the molecule is COc1ccc(CC(C#N)=CNc2ccccc2)cc1OC. The van der Waals surface area contributed by atoms with Crippen molar-refractivity contribution in [2.45, 2.75) is 6.42 Å². The lowest BCUT2D eigenvalue weighted by atomic mass is 10.1. The maximum absolute atomic E-state index is 9.28. The summed E-state index contributed by atoms with van der Waals surface area (Å²) in [5.41, 5.74) is 2.57. The number of allylic oxidation sites excluding steroid dienone is 1. The van der Waals surface area contributed by atoms with E-state index in [1.54, 1.807) is 20.4 Å². The van der Waals surface area contributed by atoms with Crippen LogP contribution in [0, 0.1) is 11.3 Å². The fourth-order valence-corrected chi connectivity index (χ4v) is 2.04. The summed E-state index contributed by atoms with van der Waals surface area (Å²) >= 11 is 0. The second-order valence-electron chi connectivity index (χ2n) is 4.66. The molecule has 2 aromatic rings. The number of rotatable bonds is 6. The Kier molecular flexibility index (Phi) is 5.44. The van der Waals surface area contributed by atoms with E-state index >= 15 is 0 Å². The third kappa shape index (κ3) is 4.03. The molecule has 0 aliphatic carbocycles. The van der Waals surface area contributed by atoms with Crippen molar-refractivity contribution >= 4 is 5.69 Å². The molecule has 1 N–H and O–H groups in total. The van der Waals surface area contributed by atoms with Crippen LogP contribution in [0.15, 0.2) is 60.3 Å². The van der Waals surface area contributed by atoms with Gasteiger partial charge < -0.3 is 14.8 Å². The number of anilines is 1. The number of nitrogens with zero attached hydrogens (tertiary/aromatic N) is 1. The van der Waals surface area contributed by atoms with Gasteiger partial charge in [-0.2, -0.15) is 5.26 Å². The molecule has 0 spiro atoms. The van der Waals surface area contributed by atoms with E-state index in [0.29, 0.717) is 23.5 Å². The number of hydrogen-bond acceptors (Lipinski definition) is 4. The van der Waals surface area contributed by atoms with Crippen LogP contribution >= 0.6 is 0 Å². The van der Waals surface area contributed by atoms with E-state index in [1.165, 1.54) is 0 Å². The molecule has 4 nitrogen and oxygen atoms in total. The fraction of sp³-hybridized carbons (Fsp3) is 0.167. The Morgan fingerprint density at radius 2 is 1.82 bits per heavy atom. The van der Waals surface area contributed by atoms with Gasteiger partial charge in [-0.25, -0.2) is 0 Å². The summed E-state index contributed by atoms with van der Waals surface area (Å²) in [6.07, 6.45) is 2.25. The van der Waals surface area contributed by atoms with Crippen LogP contribution < -0.4 is 14.8 Å². The van der Waals surface area contributed by atoms with Gasteiger partial charge in [-0.05, 0) is 29.8 Å². The minimum absolute atomic E-state index is 0.524. The molecule has 0 radical (unpaired) electrons. The second-order valence-corrected chi connectivity index (χ2v) is 4.66. The van der Waals surface area contributed by atoms with Crippen molar-refractivity contribution in [2.75, 3.05) is 19.5 Å². The van der Waals surface area contributed by atoms with Crippen LogP contribution in [-0.4, -0.2) is 14.2 Å². The van der Waals surface area contributed by atoms with Gasteiger partial charge in [0.25, 0.3) is 0 Å². The van der Waals surface area contributed by atoms with E-state index in [2.05, 4.69) is 11.4 Å². The lowest BCUT2D eigenvalue weighted by molar-refractivity contribution is 0.354. The quantitative estimate of drug-likeness (QED) is 0.824. The summed E-state index contributed by atoms with van der Waals surface area (Å²) in [5.74, 6) is 1.34. The van der Waals surface area contributed by atoms with E-state index in [9.17, 15) is 5.26 Å². The Morgan fingerprint density at radius 3 is 2.45 bits per heavy atom. The second kappa shape index (κ2) is 7.75. The summed E-state index contributed by atoms with van der Waals surface area (Å²) in [5, 5.41) is 12.4. The van der Waals surface area contributed by atoms with Crippen LogP contribution in [0.4, 0.5) is 5.69 Å². The first kappa shape index (κ1) is 15.5. The Labute approximate surface area is 130 Å². The first-order chi connectivity index (χ1) is 10.8. The normalized spacial score (nSPS) is 10.7. The molecule has 0 amide bonds. The predicted molar refractivity (Wildman–Crippen MR) is 87.0 cm³/mol. The highest BCUT2D eigenvalue weighted by atomic mass is 16.5. The number of methoxy groups -OCH3 is 2. The van der Waals surface area contributed by atoms with Crippen LogP contribution in [0.2, 0.25) is 0 Å². The molecule has 4 heteroatoms. The summed E-state index contributed by atoms with van der Waals surface area (Å²) in [4.78, 5) is 0. The maximum atomic E-state index is 9.28. The van der Waals surface area contributed by atoms with E-state index in [1.807, 2.05) is 48.5 Å². The Morgan fingerprint density at radius 1 is 1.09 bits per heavy atom. The molecule has 22 heavy (non-hydrogen) atoms. The molecule has 0 saturated carbocycles. The zero-order valence-electron chi connectivity index (χ0n) is 12.7. The monoisotopic (exact) mass is 294 g/mol. The van der Waals surface area contributed by atoms with E-state index in [0.717, 1.165) is 11.3 Å². The van der Waals surface area contributed by atoms with Crippen LogP contribution in [0.3, 0.4) is 0 Å². The zero-order valence-corrected chi connectivity index (χ0v) is 12.7. The molecule has 0 atom stereocenters.